The van der Waals surface area contributed by atoms with E-state index in [1.165, 1.54) is 6.07 Å². The van der Waals surface area contributed by atoms with E-state index in [0.29, 0.717) is 12.3 Å². The van der Waals surface area contributed by atoms with Crippen molar-refractivity contribution in [3.8, 4) is 0 Å². The van der Waals surface area contributed by atoms with Gasteiger partial charge in [0.05, 0.1) is 0 Å². The Morgan fingerprint density at radius 2 is 1.94 bits per heavy atom. The number of benzene rings is 1. The summed E-state index contributed by atoms with van der Waals surface area (Å²) in [7, 11) is 2.01. The monoisotopic (exact) mass is 256 g/mol. The molecule has 0 spiro atoms. The van der Waals surface area contributed by atoms with E-state index >= 15 is 0 Å². The minimum atomic E-state index is -0.835. The molecule has 0 bridgehead atoms. The molecule has 1 atom stereocenters. The first kappa shape index (κ1) is 15.1. The molecule has 18 heavy (non-hydrogen) atoms. The zero-order valence-corrected chi connectivity index (χ0v) is 11.3. The molecule has 0 saturated carbocycles. The molecule has 0 aliphatic rings. The molecule has 1 aromatic rings. The van der Waals surface area contributed by atoms with E-state index < -0.39 is 17.7 Å². The van der Waals surface area contributed by atoms with Crippen molar-refractivity contribution in [3.05, 3.63) is 35.4 Å². The number of nitrogens with two attached hydrogens (primary N) is 1. The molecule has 102 valence electrons. The van der Waals surface area contributed by atoms with Crippen LogP contribution in [0.15, 0.2) is 18.2 Å². The van der Waals surface area contributed by atoms with Gasteiger partial charge in [0.1, 0.15) is 0 Å². The molecule has 0 heterocycles. The summed E-state index contributed by atoms with van der Waals surface area (Å²) in [6, 6.07) is 3.68. The van der Waals surface area contributed by atoms with Gasteiger partial charge in [-0.1, -0.05) is 26.0 Å². The summed E-state index contributed by atoms with van der Waals surface area (Å²) in [4.78, 5) is 2.15. The van der Waals surface area contributed by atoms with E-state index in [2.05, 4.69) is 18.7 Å². The highest BCUT2D eigenvalue weighted by Gasteiger charge is 2.15. The average Bonchev–Trinajstić information content (AvgIpc) is 2.29. The summed E-state index contributed by atoms with van der Waals surface area (Å²) in [5, 5.41) is 0. The van der Waals surface area contributed by atoms with Crippen molar-refractivity contribution < 1.29 is 8.78 Å². The standard InChI is InChI=1S/C14H22F2N2/c1-10(2)9-18(3)8-7-13(17)11-5-4-6-12(15)14(11)16/h4-6,10,13H,7-9,17H2,1-3H3. The van der Waals surface area contributed by atoms with Gasteiger partial charge in [0.25, 0.3) is 0 Å². The molecule has 1 rings (SSSR count). The molecule has 0 aromatic heterocycles. The Balaban J connectivity index is 2.55. The molecule has 0 saturated heterocycles. The second-order valence-corrected chi connectivity index (χ2v) is 5.19. The smallest absolute Gasteiger partial charge is 0.163 e. The van der Waals surface area contributed by atoms with Crippen molar-refractivity contribution in [3.63, 3.8) is 0 Å². The van der Waals surface area contributed by atoms with Crippen molar-refractivity contribution in [2.75, 3.05) is 20.1 Å². The minimum Gasteiger partial charge on any atom is -0.324 e. The van der Waals surface area contributed by atoms with Gasteiger partial charge in [-0.05, 0) is 32.0 Å². The summed E-state index contributed by atoms with van der Waals surface area (Å²) in [5.74, 6) is -1.08. The summed E-state index contributed by atoms with van der Waals surface area (Å²) in [6.45, 7) is 6.03. The summed E-state index contributed by atoms with van der Waals surface area (Å²) < 4.78 is 26.6. The molecule has 0 aliphatic heterocycles. The van der Waals surface area contributed by atoms with E-state index in [-0.39, 0.29) is 5.56 Å². The van der Waals surface area contributed by atoms with Gasteiger partial charge in [0.15, 0.2) is 11.6 Å². The Labute approximate surface area is 108 Å². The van der Waals surface area contributed by atoms with Crippen molar-refractivity contribution in [2.24, 2.45) is 11.7 Å². The maximum absolute atomic E-state index is 13.5. The lowest BCUT2D eigenvalue weighted by atomic mass is 10.0. The predicted octanol–water partition coefficient (Wildman–Crippen LogP) is 2.94. The van der Waals surface area contributed by atoms with E-state index in [4.69, 9.17) is 5.73 Å². The van der Waals surface area contributed by atoms with Crippen LogP contribution in [0.3, 0.4) is 0 Å². The molecule has 0 radical (unpaired) electrons. The van der Waals surface area contributed by atoms with E-state index in [1.807, 2.05) is 7.05 Å². The summed E-state index contributed by atoms with van der Waals surface area (Å²) in [6.07, 6.45) is 0.615. The highest BCUT2D eigenvalue weighted by molar-refractivity contribution is 5.22. The normalized spacial score (nSPS) is 13.3. The minimum absolute atomic E-state index is 0.257. The number of nitrogens with zero attached hydrogens (tertiary/aromatic N) is 1. The second-order valence-electron chi connectivity index (χ2n) is 5.19. The highest BCUT2D eigenvalue weighted by atomic mass is 19.2. The Hall–Kier alpha value is -1.00. The van der Waals surface area contributed by atoms with Crippen LogP contribution in [0, 0.1) is 17.6 Å². The number of hydrogen-bond donors (Lipinski definition) is 1. The summed E-state index contributed by atoms with van der Waals surface area (Å²) in [5.41, 5.74) is 6.17. The molecular weight excluding hydrogens is 234 g/mol. The Morgan fingerprint density at radius 1 is 1.28 bits per heavy atom. The van der Waals surface area contributed by atoms with Gasteiger partial charge in [0, 0.05) is 18.2 Å². The van der Waals surface area contributed by atoms with Gasteiger partial charge < -0.3 is 10.6 Å². The third kappa shape index (κ3) is 4.35. The molecule has 2 nitrogen and oxygen atoms in total. The van der Waals surface area contributed by atoms with Crippen LogP contribution in [0.1, 0.15) is 31.9 Å². The molecule has 2 N–H and O–H groups in total. The molecule has 1 unspecified atom stereocenters. The van der Waals surface area contributed by atoms with Crippen LogP contribution in [0.25, 0.3) is 0 Å². The third-order valence-corrected chi connectivity index (χ3v) is 2.88. The zero-order chi connectivity index (χ0) is 13.7. The number of hydrogen-bond acceptors (Lipinski definition) is 2. The maximum Gasteiger partial charge on any atom is 0.163 e. The average molecular weight is 256 g/mol. The van der Waals surface area contributed by atoms with Gasteiger partial charge in [-0.15, -0.1) is 0 Å². The molecule has 0 amide bonds. The summed E-state index contributed by atoms with van der Waals surface area (Å²) >= 11 is 0. The maximum atomic E-state index is 13.5. The first-order chi connectivity index (χ1) is 8.41. The van der Waals surface area contributed by atoms with Gasteiger partial charge in [-0.2, -0.15) is 0 Å². The van der Waals surface area contributed by atoms with Gasteiger partial charge in [-0.25, -0.2) is 8.78 Å². The fourth-order valence-corrected chi connectivity index (χ4v) is 2.04. The van der Waals surface area contributed by atoms with Crippen LogP contribution in [-0.4, -0.2) is 25.0 Å². The van der Waals surface area contributed by atoms with Crippen molar-refractivity contribution in [1.29, 1.82) is 0 Å². The molecule has 0 fully saturated rings. The van der Waals surface area contributed by atoms with Gasteiger partial charge in [-0.3, -0.25) is 0 Å². The fraction of sp³-hybridized carbons (Fsp3) is 0.571. The third-order valence-electron chi connectivity index (χ3n) is 2.88. The zero-order valence-electron chi connectivity index (χ0n) is 11.3. The van der Waals surface area contributed by atoms with Crippen molar-refractivity contribution in [1.82, 2.24) is 4.90 Å². The first-order valence-electron chi connectivity index (χ1n) is 6.29. The van der Waals surface area contributed by atoms with Crippen LogP contribution in [0.5, 0.6) is 0 Å². The Morgan fingerprint density at radius 3 is 2.56 bits per heavy atom. The molecule has 0 aliphatic carbocycles. The van der Waals surface area contributed by atoms with E-state index in [0.717, 1.165) is 19.2 Å². The Bertz CT molecular complexity index is 380. The molecule has 4 heteroatoms. The van der Waals surface area contributed by atoms with Crippen LogP contribution >= 0.6 is 0 Å². The van der Waals surface area contributed by atoms with Crippen LogP contribution in [0.4, 0.5) is 8.78 Å². The highest BCUT2D eigenvalue weighted by Crippen LogP contribution is 2.20. The van der Waals surface area contributed by atoms with Crippen LogP contribution in [-0.2, 0) is 0 Å². The van der Waals surface area contributed by atoms with E-state index in [9.17, 15) is 8.78 Å². The topological polar surface area (TPSA) is 29.3 Å². The van der Waals surface area contributed by atoms with Crippen LogP contribution in [0.2, 0.25) is 0 Å². The number of halogens is 2. The van der Waals surface area contributed by atoms with Gasteiger partial charge in [0.2, 0.25) is 0 Å². The molecular formula is C14H22F2N2. The number of rotatable bonds is 6. The van der Waals surface area contributed by atoms with Crippen molar-refractivity contribution in [2.45, 2.75) is 26.3 Å². The predicted molar refractivity (Wildman–Crippen MR) is 70.2 cm³/mol. The quantitative estimate of drug-likeness (QED) is 0.848. The van der Waals surface area contributed by atoms with E-state index in [1.54, 1.807) is 6.07 Å². The van der Waals surface area contributed by atoms with Gasteiger partial charge >= 0.3 is 0 Å². The SMILES string of the molecule is CC(C)CN(C)CCC(N)c1cccc(F)c1F. The first-order valence-corrected chi connectivity index (χ1v) is 6.29. The Kier molecular flexibility index (Phi) is 5.69. The van der Waals surface area contributed by atoms with Crippen LogP contribution < -0.4 is 5.73 Å². The lowest BCUT2D eigenvalue weighted by Crippen LogP contribution is -2.27. The lowest BCUT2D eigenvalue weighted by molar-refractivity contribution is 0.283. The van der Waals surface area contributed by atoms with Crippen molar-refractivity contribution >= 4 is 0 Å². The fourth-order valence-electron chi connectivity index (χ4n) is 2.04. The largest absolute Gasteiger partial charge is 0.324 e. The second kappa shape index (κ2) is 6.81. The molecule has 1 aromatic carbocycles. The lowest BCUT2D eigenvalue weighted by Gasteiger charge is -2.21.